The second-order valence-electron chi connectivity index (χ2n) is 4.37. The molecule has 1 N–H and O–H groups in total. The van der Waals surface area contributed by atoms with Gasteiger partial charge >= 0.3 is 0 Å². The van der Waals surface area contributed by atoms with Crippen molar-refractivity contribution in [1.82, 2.24) is 15.1 Å². The predicted molar refractivity (Wildman–Crippen MR) is 62.1 cm³/mol. The second kappa shape index (κ2) is 4.68. The molecule has 0 bridgehead atoms. The summed E-state index contributed by atoms with van der Waals surface area (Å²) in [5.41, 5.74) is 1.20. The quantitative estimate of drug-likeness (QED) is 0.840. The van der Waals surface area contributed by atoms with Crippen molar-refractivity contribution in [3.8, 4) is 0 Å². The molecule has 2 rings (SSSR count). The number of carbonyl (C=O) groups is 1. The number of nitrogens with zero attached hydrogens (tertiary/aromatic N) is 2. The molecule has 16 heavy (non-hydrogen) atoms. The summed E-state index contributed by atoms with van der Waals surface area (Å²) in [6.07, 6.45) is 4.49. The van der Waals surface area contributed by atoms with E-state index < -0.39 is 0 Å². The molecule has 2 atom stereocenters. The van der Waals surface area contributed by atoms with Gasteiger partial charge in [-0.25, -0.2) is 0 Å². The van der Waals surface area contributed by atoms with Crippen LogP contribution >= 0.6 is 0 Å². The molecule has 2 heterocycles. The average Bonchev–Trinajstić information content (AvgIpc) is 2.84. The Bertz CT molecular complexity index is 372. The molecular weight excluding hydrogens is 202 g/mol. The van der Waals surface area contributed by atoms with Crippen LogP contribution in [-0.4, -0.2) is 21.7 Å². The summed E-state index contributed by atoms with van der Waals surface area (Å²) >= 11 is 0. The number of aryl methyl sites for hydroxylation is 1. The third-order valence-corrected chi connectivity index (χ3v) is 3.24. The molecule has 1 aromatic rings. The zero-order chi connectivity index (χ0) is 11.5. The lowest BCUT2D eigenvalue weighted by molar-refractivity contribution is -0.119. The van der Waals surface area contributed by atoms with Crippen molar-refractivity contribution >= 4 is 5.91 Å². The first-order valence-corrected chi connectivity index (χ1v) is 6.07. The fourth-order valence-electron chi connectivity index (χ4n) is 2.46. The van der Waals surface area contributed by atoms with Gasteiger partial charge in [-0.15, -0.1) is 0 Å². The van der Waals surface area contributed by atoms with Crippen LogP contribution in [-0.2, 0) is 11.3 Å². The van der Waals surface area contributed by atoms with E-state index in [1.807, 2.05) is 16.9 Å². The topological polar surface area (TPSA) is 46.9 Å². The van der Waals surface area contributed by atoms with Crippen LogP contribution in [0.1, 0.15) is 44.7 Å². The summed E-state index contributed by atoms with van der Waals surface area (Å²) in [4.78, 5) is 11.4. The van der Waals surface area contributed by atoms with Gasteiger partial charge in [0, 0.05) is 36.8 Å². The summed E-state index contributed by atoms with van der Waals surface area (Å²) in [7, 11) is 0. The molecule has 0 aliphatic carbocycles. The van der Waals surface area contributed by atoms with Crippen LogP contribution in [0.2, 0.25) is 0 Å². The normalized spacial score (nSPS) is 24.8. The summed E-state index contributed by atoms with van der Waals surface area (Å²) in [6.45, 7) is 5.19. The Labute approximate surface area is 96.0 Å². The van der Waals surface area contributed by atoms with Gasteiger partial charge in [-0.2, -0.15) is 5.10 Å². The van der Waals surface area contributed by atoms with Gasteiger partial charge in [0.2, 0.25) is 5.91 Å². The third-order valence-electron chi connectivity index (χ3n) is 3.24. The maximum Gasteiger partial charge on any atom is 0.220 e. The first-order chi connectivity index (χ1) is 7.76. The SMILES string of the molecule is CCCn1nccc1C1CC(=O)NC1CC. The number of rotatable bonds is 4. The van der Waals surface area contributed by atoms with Gasteiger partial charge < -0.3 is 5.32 Å². The lowest BCUT2D eigenvalue weighted by Crippen LogP contribution is -2.28. The number of aromatic nitrogens is 2. The Hall–Kier alpha value is -1.32. The van der Waals surface area contributed by atoms with Gasteiger partial charge in [0.1, 0.15) is 0 Å². The summed E-state index contributed by atoms with van der Waals surface area (Å²) in [5, 5.41) is 7.35. The smallest absolute Gasteiger partial charge is 0.220 e. The van der Waals surface area contributed by atoms with E-state index in [1.54, 1.807) is 0 Å². The standard InChI is InChI=1S/C12H19N3O/c1-3-7-15-11(5-6-13-15)9-8-12(16)14-10(9)4-2/h5-6,9-10H,3-4,7-8H2,1-2H3,(H,14,16). The first kappa shape index (κ1) is 11.2. The van der Waals surface area contributed by atoms with Crippen molar-refractivity contribution in [3.05, 3.63) is 18.0 Å². The molecule has 4 heteroatoms. The molecule has 0 radical (unpaired) electrons. The molecule has 0 spiro atoms. The zero-order valence-corrected chi connectivity index (χ0v) is 9.94. The predicted octanol–water partition coefficient (Wildman–Crippen LogP) is 1.68. The Morgan fingerprint density at radius 3 is 3.06 bits per heavy atom. The second-order valence-corrected chi connectivity index (χ2v) is 4.37. The van der Waals surface area contributed by atoms with Gasteiger partial charge in [0.15, 0.2) is 0 Å². The van der Waals surface area contributed by atoms with Crippen molar-refractivity contribution in [1.29, 1.82) is 0 Å². The largest absolute Gasteiger partial charge is 0.353 e. The van der Waals surface area contributed by atoms with E-state index in [-0.39, 0.29) is 11.9 Å². The maximum atomic E-state index is 11.4. The van der Waals surface area contributed by atoms with Crippen molar-refractivity contribution in [2.45, 2.75) is 51.6 Å². The number of hydrogen-bond acceptors (Lipinski definition) is 2. The van der Waals surface area contributed by atoms with Crippen LogP contribution in [0, 0.1) is 0 Å². The number of amides is 1. The molecule has 1 fully saturated rings. The lowest BCUT2D eigenvalue weighted by Gasteiger charge is -2.18. The number of hydrogen-bond donors (Lipinski definition) is 1. The number of carbonyl (C=O) groups excluding carboxylic acids is 1. The van der Waals surface area contributed by atoms with E-state index in [9.17, 15) is 4.79 Å². The molecule has 1 aliphatic rings. The van der Waals surface area contributed by atoms with Crippen LogP contribution < -0.4 is 5.32 Å². The summed E-state index contributed by atoms with van der Waals surface area (Å²) in [5.74, 6) is 0.465. The van der Waals surface area contributed by atoms with Crippen LogP contribution in [0.25, 0.3) is 0 Å². The highest BCUT2D eigenvalue weighted by molar-refractivity contribution is 5.80. The maximum absolute atomic E-state index is 11.4. The van der Waals surface area contributed by atoms with Crippen molar-refractivity contribution in [2.75, 3.05) is 0 Å². The van der Waals surface area contributed by atoms with Crippen molar-refractivity contribution < 1.29 is 4.79 Å². The Morgan fingerprint density at radius 2 is 2.38 bits per heavy atom. The fraction of sp³-hybridized carbons (Fsp3) is 0.667. The highest BCUT2D eigenvalue weighted by Crippen LogP contribution is 2.29. The van der Waals surface area contributed by atoms with E-state index in [4.69, 9.17) is 0 Å². The minimum atomic E-state index is 0.168. The molecule has 1 amide bonds. The summed E-state index contributed by atoms with van der Waals surface area (Å²) in [6, 6.07) is 2.32. The van der Waals surface area contributed by atoms with E-state index in [0.29, 0.717) is 12.3 Å². The molecule has 1 aromatic heterocycles. The van der Waals surface area contributed by atoms with E-state index in [2.05, 4.69) is 24.3 Å². The van der Waals surface area contributed by atoms with Crippen LogP contribution in [0.5, 0.6) is 0 Å². The highest BCUT2D eigenvalue weighted by Gasteiger charge is 2.33. The van der Waals surface area contributed by atoms with E-state index >= 15 is 0 Å². The van der Waals surface area contributed by atoms with Gasteiger partial charge in [0.25, 0.3) is 0 Å². The molecule has 0 aromatic carbocycles. The molecule has 88 valence electrons. The third kappa shape index (κ3) is 1.96. The minimum absolute atomic E-state index is 0.168. The van der Waals surface area contributed by atoms with E-state index in [1.165, 1.54) is 5.69 Å². The molecule has 1 saturated heterocycles. The monoisotopic (exact) mass is 221 g/mol. The molecule has 4 nitrogen and oxygen atoms in total. The molecular formula is C12H19N3O. The fourth-order valence-corrected chi connectivity index (χ4v) is 2.46. The molecule has 0 saturated carbocycles. The van der Waals surface area contributed by atoms with Gasteiger partial charge in [-0.05, 0) is 18.9 Å². The number of nitrogens with one attached hydrogen (secondary N) is 1. The molecule has 1 aliphatic heterocycles. The van der Waals surface area contributed by atoms with Crippen molar-refractivity contribution in [2.24, 2.45) is 0 Å². The summed E-state index contributed by atoms with van der Waals surface area (Å²) < 4.78 is 2.04. The average molecular weight is 221 g/mol. The van der Waals surface area contributed by atoms with E-state index in [0.717, 1.165) is 19.4 Å². The van der Waals surface area contributed by atoms with Crippen LogP contribution in [0.4, 0.5) is 0 Å². The zero-order valence-electron chi connectivity index (χ0n) is 9.94. The minimum Gasteiger partial charge on any atom is -0.353 e. The Balaban J connectivity index is 2.22. The van der Waals surface area contributed by atoms with Crippen LogP contribution in [0.3, 0.4) is 0 Å². The first-order valence-electron chi connectivity index (χ1n) is 6.07. The van der Waals surface area contributed by atoms with Gasteiger partial charge in [-0.1, -0.05) is 13.8 Å². The Kier molecular flexibility index (Phi) is 3.27. The van der Waals surface area contributed by atoms with Gasteiger partial charge in [-0.3, -0.25) is 9.48 Å². The van der Waals surface area contributed by atoms with Crippen LogP contribution in [0.15, 0.2) is 12.3 Å². The lowest BCUT2D eigenvalue weighted by atomic mass is 9.95. The van der Waals surface area contributed by atoms with Gasteiger partial charge in [0.05, 0.1) is 0 Å². The Morgan fingerprint density at radius 1 is 1.56 bits per heavy atom. The van der Waals surface area contributed by atoms with Crippen molar-refractivity contribution in [3.63, 3.8) is 0 Å². The highest BCUT2D eigenvalue weighted by atomic mass is 16.2. The molecule has 2 unspecified atom stereocenters.